The molecule has 0 bridgehead atoms. The molecule has 0 saturated carbocycles. The highest BCUT2D eigenvalue weighted by Gasteiger charge is 2.29. The number of hydrogen-bond donors (Lipinski definition) is 1. The maximum Gasteiger partial charge on any atom is 0.329 e. The van der Waals surface area contributed by atoms with Gasteiger partial charge in [-0.2, -0.15) is 0 Å². The third-order valence-corrected chi connectivity index (χ3v) is 4.85. The van der Waals surface area contributed by atoms with Crippen LogP contribution in [0.1, 0.15) is 26.3 Å². The molecule has 0 spiro atoms. The minimum absolute atomic E-state index is 0.0842. The van der Waals surface area contributed by atoms with Crippen molar-refractivity contribution in [3.8, 4) is 17.2 Å². The van der Waals surface area contributed by atoms with E-state index in [0.29, 0.717) is 11.4 Å². The number of carbonyl (C=O) groups excluding carboxylic acids is 2. The Labute approximate surface area is 173 Å². The first-order valence-corrected chi connectivity index (χ1v) is 9.32. The Balaban J connectivity index is 1.93. The van der Waals surface area contributed by atoms with Crippen LogP contribution in [0.5, 0.6) is 17.2 Å². The maximum absolute atomic E-state index is 11.8. The van der Waals surface area contributed by atoms with E-state index >= 15 is 0 Å². The summed E-state index contributed by atoms with van der Waals surface area (Å²) in [5, 5.41) is 2.66. The van der Waals surface area contributed by atoms with Crippen molar-refractivity contribution in [1.82, 2.24) is 5.32 Å². The van der Waals surface area contributed by atoms with Crippen LogP contribution in [-0.4, -0.2) is 25.6 Å². The number of halogens is 2. The lowest BCUT2D eigenvalue weighted by atomic mass is 9.86. The van der Waals surface area contributed by atoms with Crippen LogP contribution < -0.4 is 19.7 Å². The Morgan fingerprint density at radius 1 is 1.07 bits per heavy atom. The smallest absolute Gasteiger partial charge is 0.329 e. The number of urea groups is 1. The third-order valence-electron chi connectivity index (χ3n) is 4.29. The summed E-state index contributed by atoms with van der Waals surface area (Å²) in [6.45, 7) is 6.14. The zero-order valence-electron chi connectivity index (χ0n) is 15.9. The molecule has 1 aliphatic heterocycles. The van der Waals surface area contributed by atoms with Gasteiger partial charge in [-0.3, -0.25) is 15.0 Å². The lowest BCUT2D eigenvalue weighted by Crippen LogP contribution is -2.27. The first-order valence-electron chi connectivity index (χ1n) is 8.57. The Morgan fingerprint density at radius 2 is 1.71 bits per heavy atom. The predicted molar refractivity (Wildman–Crippen MR) is 109 cm³/mol. The molecular formula is C20H20Cl2N2O4. The van der Waals surface area contributed by atoms with E-state index in [0.717, 1.165) is 11.3 Å². The fraction of sp³-hybridized carbons (Fsp3) is 0.300. The lowest BCUT2D eigenvalue weighted by Gasteiger charge is -2.23. The van der Waals surface area contributed by atoms with Crippen molar-refractivity contribution in [2.24, 2.45) is 0 Å². The number of nitrogens with one attached hydrogen (secondary N) is 1. The van der Waals surface area contributed by atoms with E-state index in [4.69, 9.17) is 32.7 Å². The SMILES string of the molecule is COc1ccc(Oc2c(Cl)cc(N3CC(=O)NC3=O)cc2Cl)cc1C(C)(C)C. The number of amides is 3. The van der Waals surface area contributed by atoms with Crippen LogP contribution in [0.4, 0.5) is 10.5 Å². The topological polar surface area (TPSA) is 67.9 Å². The highest BCUT2D eigenvalue weighted by atomic mass is 35.5. The van der Waals surface area contributed by atoms with E-state index in [2.05, 4.69) is 26.1 Å². The summed E-state index contributed by atoms with van der Waals surface area (Å²) in [6.07, 6.45) is 0. The number of carbonyl (C=O) groups is 2. The van der Waals surface area contributed by atoms with Crippen molar-refractivity contribution in [2.45, 2.75) is 26.2 Å². The normalized spacial score (nSPS) is 14.3. The number of nitrogens with zero attached hydrogens (tertiary/aromatic N) is 1. The van der Waals surface area contributed by atoms with E-state index in [1.165, 1.54) is 17.0 Å². The summed E-state index contributed by atoms with van der Waals surface area (Å²) in [6, 6.07) is 8.03. The number of ether oxygens (including phenoxy) is 2. The summed E-state index contributed by atoms with van der Waals surface area (Å²) in [5.41, 5.74) is 1.23. The molecule has 1 N–H and O–H groups in total. The van der Waals surface area contributed by atoms with E-state index in [1.807, 2.05) is 12.1 Å². The molecule has 1 aliphatic rings. The van der Waals surface area contributed by atoms with Crippen molar-refractivity contribution in [3.05, 3.63) is 45.9 Å². The van der Waals surface area contributed by atoms with Crippen molar-refractivity contribution < 1.29 is 19.1 Å². The van der Waals surface area contributed by atoms with E-state index in [9.17, 15) is 9.59 Å². The molecular weight excluding hydrogens is 403 g/mol. The highest BCUT2D eigenvalue weighted by Crippen LogP contribution is 2.42. The Hall–Kier alpha value is -2.44. The fourth-order valence-electron chi connectivity index (χ4n) is 2.90. The molecule has 0 aliphatic carbocycles. The molecule has 0 atom stereocenters. The van der Waals surface area contributed by atoms with E-state index < -0.39 is 6.03 Å². The fourth-order valence-corrected chi connectivity index (χ4v) is 3.46. The van der Waals surface area contributed by atoms with Gasteiger partial charge in [0.15, 0.2) is 5.75 Å². The van der Waals surface area contributed by atoms with Gasteiger partial charge in [-0.1, -0.05) is 44.0 Å². The molecule has 0 radical (unpaired) electrons. The van der Waals surface area contributed by atoms with Gasteiger partial charge in [0.25, 0.3) is 0 Å². The summed E-state index contributed by atoms with van der Waals surface area (Å²) in [4.78, 5) is 24.5. The second-order valence-corrected chi connectivity index (χ2v) is 8.21. The standard InChI is InChI=1S/C20H20Cl2N2O4/c1-20(2,3)13-9-12(5-6-16(13)27-4)28-18-14(21)7-11(8-15(18)22)24-10-17(25)23-19(24)26/h5-9H,10H2,1-4H3,(H,23,25,26). The van der Waals surface area contributed by atoms with E-state index in [-0.39, 0.29) is 33.7 Å². The zero-order valence-corrected chi connectivity index (χ0v) is 17.4. The summed E-state index contributed by atoms with van der Waals surface area (Å²) < 4.78 is 11.4. The van der Waals surface area contributed by atoms with Gasteiger partial charge in [0.1, 0.15) is 18.0 Å². The second-order valence-electron chi connectivity index (χ2n) is 7.39. The molecule has 28 heavy (non-hydrogen) atoms. The van der Waals surface area contributed by atoms with Gasteiger partial charge in [0.05, 0.1) is 17.2 Å². The molecule has 148 valence electrons. The summed E-state index contributed by atoms with van der Waals surface area (Å²) >= 11 is 12.7. The molecule has 1 fully saturated rings. The minimum Gasteiger partial charge on any atom is -0.496 e. The summed E-state index contributed by atoms with van der Waals surface area (Å²) in [7, 11) is 1.62. The van der Waals surface area contributed by atoms with Crippen molar-refractivity contribution in [1.29, 1.82) is 0 Å². The Bertz CT molecular complexity index is 931. The maximum atomic E-state index is 11.8. The molecule has 1 saturated heterocycles. The van der Waals surface area contributed by atoms with Crippen LogP contribution >= 0.6 is 23.2 Å². The van der Waals surface area contributed by atoms with Gasteiger partial charge < -0.3 is 9.47 Å². The largest absolute Gasteiger partial charge is 0.496 e. The first kappa shape index (κ1) is 20.3. The number of imide groups is 1. The Kier molecular flexibility index (Phi) is 5.46. The molecule has 2 aromatic rings. The first-order chi connectivity index (χ1) is 13.1. The van der Waals surface area contributed by atoms with Crippen molar-refractivity contribution in [3.63, 3.8) is 0 Å². The highest BCUT2D eigenvalue weighted by molar-refractivity contribution is 6.37. The molecule has 2 aromatic carbocycles. The van der Waals surface area contributed by atoms with Crippen LogP contribution in [0, 0.1) is 0 Å². The van der Waals surface area contributed by atoms with Crippen molar-refractivity contribution in [2.75, 3.05) is 18.6 Å². The van der Waals surface area contributed by atoms with Crippen LogP contribution in [0.3, 0.4) is 0 Å². The number of methoxy groups -OCH3 is 1. The van der Waals surface area contributed by atoms with Gasteiger partial charge in [-0.25, -0.2) is 4.79 Å². The lowest BCUT2D eigenvalue weighted by molar-refractivity contribution is -0.117. The van der Waals surface area contributed by atoms with Gasteiger partial charge in [0, 0.05) is 11.3 Å². The summed E-state index contributed by atoms with van der Waals surface area (Å²) in [5.74, 6) is 1.20. The number of rotatable bonds is 4. The molecule has 6 nitrogen and oxygen atoms in total. The van der Waals surface area contributed by atoms with Gasteiger partial charge in [0.2, 0.25) is 5.91 Å². The third kappa shape index (κ3) is 4.03. The monoisotopic (exact) mass is 422 g/mol. The van der Waals surface area contributed by atoms with Crippen LogP contribution in [0.2, 0.25) is 10.0 Å². The van der Waals surface area contributed by atoms with Crippen LogP contribution in [-0.2, 0) is 10.2 Å². The molecule has 1 heterocycles. The van der Waals surface area contributed by atoms with Crippen LogP contribution in [0.25, 0.3) is 0 Å². The molecule has 0 aromatic heterocycles. The van der Waals surface area contributed by atoms with E-state index in [1.54, 1.807) is 13.2 Å². The molecule has 0 unspecified atom stereocenters. The Morgan fingerprint density at radius 3 is 2.21 bits per heavy atom. The second kappa shape index (κ2) is 7.53. The van der Waals surface area contributed by atoms with Gasteiger partial charge in [-0.15, -0.1) is 0 Å². The van der Waals surface area contributed by atoms with Gasteiger partial charge in [-0.05, 0) is 35.7 Å². The number of anilines is 1. The zero-order chi connectivity index (χ0) is 20.6. The minimum atomic E-state index is -0.518. The predicted octanol–water partition coefficient (Wildman–Crippen LogP) is 5.15. The van der Waals surface area contributed by atoms with Crippen LogP contribution in [0.15, 0.2) is 30.3 Å². The van der Waals surface area contributed by atoms with Crippen molar-refractivity contribution >= 4 is 40.8 Å². The average molecular weight is 423 g/mol. The number of benzene rings is 2. The number of hydrogen-bond acceptors (Lipinski definition) is 4. The molecule has 8 heteroatoms. The quantitative estimate of drug-likeness (QED) is 0.691. The average Bonchev–Trinajstić information content (AvgIpc) is 2.95. The molecule has 3 amide bonds. The molecule has 3 rings (SSSR count). The van der Waals surface area contributed by atoms with Gasteiger partial charge >= 0.3 is 6.03 Å².